The number of hydrogen-bond donors (Lipinski definition) is 2. The van der Waals surface area contributed by atoms with Gasteiger partial charge in [-0.25, -0.2) is 0 Å². The first-order chi connectivity index (χ1) is 7.63. The van der Waals surface area contributed by atoms with E-state index in [-0.39, 0.29) is 18.3 Å². The molecule has 0 saturated heterocycles. The van der Waals surface area contributed by atoms with Gasteiger partial charge >= 0.3 is 0 Å². The molecule has 0 bridgehead atoms. The van der Waals surface area contributed by atoms with Crippen molar-refractivity contribution in [1.82, 2.24) is 5.32 Å². The van der Waals surface area contributed by atoms with E-state index in [1.54, 1.807) is 12.1 Å². The summed E-state index contributed by atoms with van der Waals surface area (Å²) >= 11 is 0. The lowest BCUT2D eigenvalue weighted by molar-refractivity contribution is -0.384. The third-order valence-electron chi connectivity index (χ3n) is 2.36. The number of benzene rings is 1. The normalized spacial score (nSPS) is 12.4. The van der Waals surface area contributed by atoms with Crippen molar-refractivity contribution in [2.75, 3.05) is 6.61 Å². The van der Waals surface area contributed by atoms with Crippen molar-refractivity contribution >= 4 is 5.69 Å². The third kappa shape index (κ3) is 3.96. The first kappa shape index (κ1) is 12.6. The Morgan fingerprint density at radius 1 is 1.44 bits per heavy atom. The average molecular weight is 224 g/mol. The molecule has 2 N–H and O–H groups in total. The number of nitro groups is 1. The standard InChI is InChI=1S/C11H16N2O3/c1-9(6-7-14)12-8-10-2-4-11(5-3-10)13(15)16/h2-5,9,12,14H,6-8H2,1H3/t9-/m1/s1. The molecule has 88 valence electrons. The zero-order valence-electron chi connectivity index (χ0n) is 9.22. The van der Waals surface area contributed by atoms with E-state index < -0.39 is 4.92 Å². The maximum atomic E-state index is 10.4. The zero-order chi connectivity index (χ0) is 12.0. The van der Waals surface area contributed by atoms with Crippen LogP contribution in [0, 0.1) is 10.1 Å². The summed E-state index contributed by atoms with van der Waals surface area (Å²) in [5.74, 6) is 0. The van der Waals surface area contributed by atoms with Crippen LogP contribution in [0.2, 0.25) is 0 Å². The van der Waals surface area contributed by atoms with E-state index in [9.17, 15) is 10.1 Å². The lowest BCUT2D eigenvalue weighted by Crippen LogP contribution is -2.26. The molecule has 0 spiro atoms. The van der Waals surface area contributed by atoms with Crippen LogP contribution < -0.4 is 5.32 Å². The van der Waals surface area contributed by atoms with E-state index in [1.165, 1.54) is 12.1 Å². The number of aliphatic hydroxyl groups is 1. The molecule has 16 heavy (non-hydrogen) atoms. The van der Waals surface area contributed by atoms with Crippen LogP contribution in [-0.4, -0.2) is 22.7 Å². The van der Waals surface area contributed by atoms with Gasteiger partial charge in [-0.05, 0) is 18.9 Å². The number of nitro benzene ring substituents is 1. The molecule has 5 nitrogen and oxygen atoms in total. The predicted octanol–water partition coefficient (Wildman–Crippen LogP) is 1.46. The summed E-state index contributed by atoms with van der Waals surface area (Å²) < 4.78 is 0. The highest BCUT2D eigenvalue weighted by Crippen LogP contribution is 2.11. The Morgan fingerprint density at radius 3 is 2.56 bits per heavy atom. The molecular formula is C11H16N2O3. The molecule has 0 aliphatic carbocycles. The Morgan fingerprint density at radius 2 is 2.06 bits per heavy atom. The summed E-state index contributed by atoms with van der Waals surface area (Å²) in [6.07, 6.45) is 0.701. The molecule has 0 saturated carbocycles. The summed E-state index contributed by atoms with van der Waals surface area (Å²) in [5.41, 5.74) is 1.10. The van der Waals surface area contributed by atoms with Crippen molar-refractivity contribution in [2.45, 2.75) is 25.9 Å². The maximum absolute atomic E-state index is 10.4. The van der Waals surface area contributed by atoms with Crippen molar-refractivity contribution in [2.24, 2.45) is 0 Å². The third-order valence-corrected chi connectivity index (χ3v) is 2.36. The molecule has 0 radical (unpaired) electrons. The van der Waals surface area contributed by atoms with Gasteiger partial charge in [0.05, 0.1) is 4.92 Å². The first-order valence-corrected chi connectivity index (χ1v) is 5.21. The molecule has 1 rings (SSSR count). The predicted molar refractivity (Wildman–Crippen MR) is 61.1 cm³/mol. The van der Waals surface area contributed by atoms with Crippen LogP contribution in [0.25, 0.3) is 0 Å². The van der Waals surface area contributed by atoms with Gasteiger partial charge in [0.2, 0.25) is 0 Å². The molecule has 0 heterocycles. The zero-order valence-corrected chi connectivity index (χ0v) is 9.22. The van der Waals surface area contributed by atoms with E-state index in [1.807, 2.05) is 6.92 Å². The van der Waals surface area contributed by atoms with Crippen molar-refractivity contribution in [3.63, 3.8) is 0 Å². The van der Waals surface area contributed by atoms with Crippen LogP contribution in [0.1, 0.15) is 18.9 Å². The largest absolute Gasteiger partial charge is 0.396 e. The molecule has 0 aromatic heterocycles. The Bertz CT molecular complexity index is 338. The van der Waals surface area contributed by atoms with Gasteiger partial charge in [-0.1, -0.05) is 12.1 Å². The van der Waals surface area contributed by atoms with Crippen LogP contribution in [0.15, 0.2) is 24.3 Å². The number of nitrogens with zero attached hydrogens (tertiary/aromatic N) is 1. The van der Waals surface area contributed by atoms with Crippen LogP contribution in [0.5, 0.6) is 0 Å². The molecule has 0 fully saturated rings. The van der Waals surface area contributed by atoms with Crippen molar-refractivity contribution in [3.05, 3.63) is 39.9 Å². The van der Waals surface area contributed by atoms with Crippen LogP contribution in [-0.2, 0) is 6.54 Å². The molecule has 1 aromatic carbocycles. The Hall–Kier alpha value is -1.46. The summed E-state index contributed by atoms with van der Waals surface area (Å²) in [6.45, 7) is 2.80. The van der Waals surface area contributed by atoms with Crippen molar-refractivity contribution in [3.8, 4) is 0 Å². The highest BCUT2D eigenvalue weighted by molar-refractivity contribution is 5.32. The second kappa shape index (κ2) is 6.19. The van der Waals surface area contributed by atoms with E-state index in [0.717, 1.165) is 5.56 Å². The van der Waals surface area contributed by atoms with Gasteiger partial charge in [-0.2, -0.15) is 0 Å². The molecule has 0 aliphatic rings. The Balaban J connectivity index is 2.46. The van der Waals surface area contributed by atoms with Gasteiger partial charge in [0.25, 0.3) is 5.69 Å². The van der Waals surface area contributed by atoms with E-state index in [2.05, 4.69) is 5.32 Å². The molecule has 0 aliphatic heterocycles. The quantitative estimate of drug-likeness (QED) is 0.566. The lowest BCUT2D eigenvalue weighted by Gasteiger charge is -2.11. The highest BCUT2D eigenvalue weighted by atomic mass is 16.6. The molecule has 1 atom stereocenters. The first-order valence-electron chi connectivity index (χ1n) is 5.21. The number of hydrogen-bond acceptors (Lipinski definition) is 4. The lowest BCUT2D eigenvalue weighted by atomic mass is 10.2. The summed E-state index contributed by atoms with van der Waals surface area (Å²) in [7, 11) is 0. The summed E-state index contributed by atoms with van der Waals surface area (Å²) in [5, 5.41) is 22.4. The monoisotopic (exact) mass is 224 g/mol. The van der Waals surface area contributed by atoms with Crippen LogP contribution >= 0.6 is 0 Å². The van der Waals surface area contributed by atoms with Crippen molar-refractivity contribution in [1.29, 1.82) is 0 Å². The van der Waals surface area contributed by atoms with Gasteiger partial charge in [0.15, 0.2) is 0 Å². The van der Waals surface area contributed by atoms with Gasteiger partial charge in [-0.15, -0.1) is 0 Å². The number of aliphatic hydroxyl groups excluding tert-OH is 1. The summed E-state index contributed by atoms with van der Waals surface area (Å²) in [6, 6.07) is 6.69. The SMILES string of the molecule is C[C@H](CCO)NCc1ccc([N+](=O)[O-])cc1. The number of rotatable bonds is 6. The van der Waals surface area contributed by atoms with E-state index >= 15 is 0 Å². The second-order valence-electron chi connectivity index (χ2n) is 3.72. The molecule has 0 amide bonds. The Kier molecular flexibility index (Phi) is 4.88. The average Bonchev–Trinajstić information content (AvgIpc) is 2.27. The minimum Gasteiger partial charge on any atom is -0.396 e. The topological polar surface area (TPSA) is 75.4 Å². The summed E-state index contributed by atoms with van der Waals surface area (Å²) in [4.78, 5) is 10.0. The minimum atomic E-state index is -0.411. The molecule has 0 unspecified atom stereocenters. The van der Waals surface area contributed by atoms with Gasteiger partial charge in [-0.3, -0.25) is 10.1 Å². The Labute approximate surface area is 94.3 Å². The van der Waals surface area contributed by atoms with Gasteiger partial charge in [0.1, 0.15) is 0 Å². The fraction of sp³-hybridized carbons (Fsp3) is 0.455. The smallest absolute Gasteiger partial charge is 0.269 e. The number of non-ortho nitro benzene ring substituents is 1. The second-order valence-corrected chi connectivity index (χ2v) is 3.72. The molecule has 5 heteroatoms. The molecule has 1 aromatic rings. The van der Waals surface area contributed by atoms with Crippen LogP contribution in [0.3, 0.4) is 0 Å². The molecular weight excluding hydrogens is 208 g/mol. The van der Waals surface area contributed by atoms with Gasteiger partial charge < -0.3 is 10.4 Å². The highest BCUT2D eigenvalue weighted by Gasteiger charge is 2.04. The fourth-order valence-electron chi connectivity index (χ4n) is 1.32. The fourth-order valence-corrected chi connectivity index (χ4v) is 1.32. The minimum absolute atomic E-state index is 0.104. The number of nitrogens with one attached hydrogen (secondary N) is 1. The van der Waals surface area contributed by atoms with E-state index in [0.29, 0.717) is 13.0 Å². The van der Waals surface area contributed by atoms with Gasteiger partial charge in [0, 0.05) is 31.3 Å². The van der Waals surface area contributed by atoms with Crippen molar-refractivity contribution < 1.29 is 10.0 Å². The van der Waals surface area contributed by atoms with Crippen LogP contribution in [0.4, 0.5) is 5.69 Å². The maximum Gasteiger partial charge on any atom is 0.269 e. The van der Waals surface area contributed by atoms with E-state index in [4.69, 9.17) is 5.11 Å².